The Morgan fingerprint density at radius 1 is 0.967 bits per heavy atom. The van der Waals surface area contributed by atoms with E-state index in [4.69, 9.17) is 18.9 Å². The minimum Gasteiger partial charge on any atom is -0.493 e. The van der Waals surface area contributed by atoms with Gasteiger partial charge in [-0.3, -0.25) is 14.6 Å². The zero-order valence-corrected chi connectivity index (χ0v) is 17.4. The fourth-order valence-corrected chi connectivity index (χ4v) is 3.27. The summed E-state index contributed by atoms with van der Waals surface area (Å²) < 4.78 is 20.8. The molecule has 0 spiro atoms. The number of hydrogen-bond donors (Lipinski definition) is 0. The Morgan fingerprint density at radius 2 is 1.67 bits per heavy atom. The van der Waals surface area contributed by atoms with Crippen molar-refractivity contribution < 1.29 is 28.5 Å². The van der Waals surface area contributed by atoms with Crippen molar-refractivity contribution in [2.24, 2.45) is 4.99 Å². The van der Waals surface area contributed by atoms with Crippen molar-refractivity contribution in [3.63, 3.8) is 0 Å². The van der Waals surface area contributed by atoms with Gasteiger partial charge in [0.05, 0.1) is 40.6 Å². The number of esters is 1. The fraction of sp³-hybridized carbons (Fsp3) is 0.261. The van der Waals surface area contributed by atoms with E-state index in [0.717, 1.165) is 11.3 Å². The minimum absolute atomic E-state index is 0.0208. The van der Waals surface area contributed by atoms with Gasteiger partial charge < -0.3 is 18.9 Å². The van der Waals surface area contributed by atoms with E-state index < -0.39 is 5.97 Å². The third-order valence-corrected chi connectivity index (χ3v) is 4.82. The Bertz CT molecular complexity index is 1010. The highest BCUT2D eigenvalue weighted by atomic mass is 16.5. The topological polar surface area (TPSA) is 83.4 Å². The van der Waals surface area contributed by atoms with Gasteiger partial charge >= 0.3 is 5.97 Å². The molecular weight excluding hydrogens is 386 g/mol. The summed E-state index contributed by atoms with van der Waals surface area (Å²) in [5.41, 5.74) is 2.99. The van der Waals surface area contributed by atoms with E-state index in [0.29, 0.717) is 40.4 Å². The highest BCUT2D eigenvalue weighted by molar-refractivity contribution is 6.13. The molecule has 0 radical (unpaired) electrons. The van der Waals surface area contributed by atoms with Crippen molar-refractivity contribution in [2.45, 2.75) is 12.8 Å². The number of hydrogen-bond acceptors (Lipinski definition) is 7. The van der Waals surface area contributed by atoms with Crippen LogP contribution in [0.25, 0.3) is 0 Å². The van der Waals surface area contributed by atoms with Crippen molar-refractivity contribution in [2.75, 3.05) is 28.4 Å². The molecule has 0 aromatic heterocycles. The number of methoxy groups -OCH3 is 4. The molecule has 156 valence electrons. The van der Waals surface area contributed by atoms with Crippen molar-refractivity contribution in [3.8, 4) is 17.2 Å². The normalized spacial score (nSPS) is 12.3. The van der Waals surface area contributed by atoms with Gasteiger partial charge in [-0.1, -0.05) is 18.2 Å². The lowest BCUT2D eigenvalue weighted by molar-refractivity contribution is -0.139. The number of carbonyl (C=O) groups excluding carboxylic acids is 2. The summed E-state index contributed by atoms with van der Waals surface area (Å²) in [6, 6.07) is 8.56. The van der Waals surface area contributed by atoms with Crippen LogP contribution in [0.4, 0.5) is 0 Å². The summed E-state index contributed by atoms with van der Waals surface area (Å²) >= 11 is 0. The van der Waals surface area contributed by atoms with E-state index in [-0.39, 0.29) is 12.2 Å². The van der Waals surface area contributed by atoms with Gasteiger partial charge in [0.15, 0.2) is 17.3 Å². The number of ether oxygens (including phenoxy) is 4. The van der Waals surface area contributed by atoms with Gasteiger partial charge in [-0.2, -0.15) is 0 Å². The van der Waals surface area contributed by atoms with E-state index in [1.807, 2.05) is 12.1 Å². The number of aliphatic imine (C=N–C) groups is 1. The third kappa shape index (κ3) is 4.20. The summed E-state index contributed by atoms with van der Waals surface area (Å²) in [6.45, 7) is 0. The Balaban J connectivity index is 2.11. The quantitative estimate of drug-likeness (QED) is 0.491. The SMILES string of the molecule is COC(=O)Cc1ccc(C2=NC=CC2)cc1C(=O)c1cc(OC)c(OC)c(OC)c1. The van der Waals surface area contributed by atoms with E-state index in [9.17, 15) is 9.59 Å². The zero-order valence-electron chi connectivity index (χ0n) is 17.4. The van der Waals surface area contributed by atoms with Crippen molar-refractivity contribution in [1.29, 1.82) is 0 Å². The molecule has 0 saturated heterocycles. The molecule has 2 aromatic carbocycles. The van der Waals surface area contributed by atoms with Crippen LogP contribution in [0.3, 0.4) is 0 Å². The van der Waals surface area contributed by atoms with Gasteiger partial charge in [-0.05, 0) is 29.3 Å². The third-order valence-electron chi connectivity index (χ3n) is 4.82. The molecule has 1 heterocycles. The van der Waals surface area contributed by atoms with Gasteiger partial charge in [-0.25, -0.2) is 0 Å². The average Bonchev–Trinajstić information content (AvgIpc) is 3.32. The largest absolute Gasteiger partial charge is 0.493 e. The van der Waals surface area contributed by atoms with Crippen LogP contribution in [0, 0.1) is 0 Å². The van der Waals surface area contributed by atoms with Gasteiger partial charge in [0.1, 0.15) is 0 Å². The van der Waals surface area contributed by atoms with E-state index in [2.05, 4.69) is 4.99 Å². The van der Waals surface area contributed by atoms with E-state index >= 15 is 0 Å². The molecule has 0 saturated carbocycles. The molecule has 7 heteroatoms. The van der Waals surface area contributed by atoms with Crippen LogP contribution >= 0.6 is 0 Å². The second kappa shape index (κ2) is 9.26. The molecule has 0 aliphatic carbocycles. The molecule has 0 amide bonds. The molecule has 2 aromatic rings. The van der Waals surface area contributed by atoms with Crippen molar-refractivity contribution >= 4 is 17.5 Å². The van der Waals surface area contributed by atoms with Gasteiger partial charge in [0, 0.05) is 23.7 Å². The van der Waals surface area contributed by atoms with Crippen LogP contribution < -0.4 is 14.2 Å². The van der Waals surface area contributed by atoms with E-state index in [1.165, 1.54) is 28.4 Å². The minimum atomic E-state index is -0.429. The first-order chi connectivity index (χ1) is 14.5. The number of allylic oxidation sites excluding steroid dienone is 1. The summed E-state index contributed by atoms with van der Waals surface area (Å²) in [7, 11) is 5.78. The summed E-state index contributed by atoms with van der Waals surface area (Å²) in [6.07, 6.45) is 4.35. The first kappa shape index (κ1) is 21.1. The van der Waals surface area contributed by atoms with Gasteiger partial charge in [0.2, 0.25) is 5.75 Å². The number of carbonyl (C=O) groups is 2. The van der Waals surface area contributed by atoms with Crippen molar-refractivity contribution in [3.05, 3.63) is 64.9 Å². The summed E-state index contributed by atoms with van der Waals surface area (Å²) in [5, 5.41) is 0. The Hall–Kier alpha value is -3.61. The van der Waals surface area contributed by atoms with Crippen LogP contribution in [0.15, 0.2) is 47.6 Å². The number of benzene rings is 2. The summed E-state index contributed by atoms with van der Waals surface area (Å²) in [4.78, 5) is 29.7. The average molecular weight is 409 g/mol. The van der Waals surface area contributed by atoms with Crippen LogP contribution in [-0.4, -0.2) is 45.9 Å². The lowest BCUT2D eigenvalue weighted by atomic mass is 9.92. The van der Waals surface area contributed by atoms with Crippen LogP contribution in [0.5, 0.6) is 17.2 Å². The maximum Gasteiger partial charge on any atom is 0.310 e. The zero-order chi connectivity index (χ0) is 21.7. The maximum atomic E-state index is 13.5. The molecule has 0 N–H and O–H groups in total. The number of ketones is 1. The molecule has 30 heavy (non-hydrogen) atoms. The molecule has 7 nitrogen and oxygen atoms in total. The predicted octanol–water partition coefficient (Wildman–Crippen LogP) is 3.37. The van der Waals surface area contributed by atoms with E-state index in [1.54, 1.807) is 30.5 Å². The molecule has 0 atom stereocenters. The van der Waals surface area contributed by atoms with Gasteiger partial charge in [0.25, 0.3) is 0 Å². The van der Waals surface area contributed by atoms with Crippen LogP contribution in [0.1, 0.15) is 33.5 Å². The smallest absolute Gasteiger partial charge is 0.310 e. The first-order valence-electron chi connectivity index (χ1n) is 9.28. The standard InChI is InChI=1S/C23H23NO6/c1-27-19-11-16(12-20(28-2)23(19)30-4)22(26)17-10-15(18-6-5-9-24-18)8-7-14(17)13-21(25)29-3/h5,7-12H,6,13H2,1-4H3. The Labute approximate surface area is 174 Å². The van der Waals surface area contributed by atoms with Crippen molar-refractivity contribution in [1.82, 2.24) is 0 Å². The maximum absolute atomic E-state index is 13.5. The molecule has 0 bridgehead atoms. The fourth-order valence-electron chi connectivity index (χ4n) is 3.27. The Kier molecular flexibility index (Phi) is 6.51. The number of rotatable bonds is 8. The molecule has 1 aliphatic rings. The lowest BCUT2D eigenvalue weighted by Crippen LogP contribution is -2.13. The first-order valence-corrected chi connectivity index (χ1v) is 9.28. The van der Waals surface area contributed by atoms with Crippen LogP contribution in [-0.2, 0) is 16.0 Å². The van der Waals surface area contributed by atoms with Gasteiger partial charge in [-0.15, -0.1) is 0 Å². The predicted molar refractivity (Wildman–Crippen MR) is 112 cm³/mol. The second-order valence-corrected chi connectivity index (χ2v) is 6.53. The molecular formula is C23H23NO6. The number of nitrogens with zero attached hydrogens (tertiary/aromatic N) is 1. The van der Waals surface area contributed by atoms with Crippen LogP contribution in [0.2, 0.25) is 0 Å². The monoisotopic (exact) mass is 409 g/mol. The molecule has 0 unspecified atom stereocenters. The highest BCUT2D eigenvalue weighted by Crippen LogP contribution is 2.39. The lowest BCUT2D eigenvalue weighted by Gasteiger charge is -2.15. The molecule has 3 rings (SSSR count). The molecule has 1 aliphatic heterocycles. The summed E-state index contributed by atoms with van der Waals surface area (Å²) in [5.74, 6) is 0.431. The second-order valence-electron chi connectivity index (χ2n) is 6.53. The molecule has 0 fully saturated rings. The Morgan fingerprint density at radius 3 is 2.20 bits per heavy atom. The highest BCUT2D eigenvalue weighted by Gasteiger charge is 2.22.